The lowest BCUT2D eigenvalue weighted by molar-refractivity contribution is 1.20. The van der Waals surface area contributed by atoms with E-state index in [-0.39, 0.29) is 6.54 Å². The zero-order valence-corrected chi connectivity index (χ0v) is 8.81. The van der Waals surface area contributed by atoms with Gasteiger partial charge in [-0.05, 0) is 23.8 Å². The van der Waals surface area contributed by atoms with E-state index in [2.05, 4.69) is 0 Å². The molecule has 4 heteroatoms. The zero-order chi connectivity index (χ0) is 10.6. The minimum atomic E-state index is 0.219. The summed E-state index contributed by atoms with van der Waals surface area (Å²) in [5.74, 6) is 0. The largest absolute Gasteiger partial charge is 0.326 e. The Labute approximate surface area is 92.5 Å². The van der Waals surface area contributed by atoms with Gasteiger partial charge in [0.25, 0.3) is 0 Å². The third kappa shape index (κ3) is 2.74. The number of nitrogens with zero attached hydrogens (tertiary/aromatic N) is 1. The fourth-order valence-corrected chi connectivity index (χ4v) is 1.25. The molecule has 2 N–H and O–H groups in total. The second-order valence-electron chi connectivity index (χ2n) is 2.66. The van der Waals surface area contributed by atoms with Gasteiger partial charge in [0.15, 0.2) is 0 Å². The smallest absolute Gasteiger partial charge is 0.0960 e. The van der Waals surface area contributed by atoms with Crippen LogP contribution >= 0.6 is 23.2 Å². The molecule has 0 fully saturated rings. The van der Waals surface area contributed by atoms with Crippen LogP contribution in [0.2, 0.25) is 10.0 Å². The van der Waals surface area contributed by atoms with Gasteiger partial charge in [0.05, 0.1) is 16.1 Å². The topological polar surface area (TPSA) is 49.8 Å². The number of benzene rings is 1. The highest BCUT2D eigenvalue weighted by molar-refractivity contribution is 6.42. The number of halogens is 2. The first kappa shape index (κ1) is 11.1. The summed E-state index contributed by atoms with van der Waals surface area (Å²) in [6, 6.07) is 7.15. The molecule has 0 aliphatic heterocycles. The molecule has 0 atom stereocenters. The van der Waals surface area contributed by atoms with Gasteiger partial charge in [-0.15, -0.1) is 0 Å². The number of hydrogen-bond acceptors (Lipinski definition) is 2. The van der Waals surface area contributed by atoms with Crippen molar-refractivity contribution in [2.75, 3.05) is 6.54 Å². The SMILES string of the molecule is N#C/C(=C\c1ccc(Cl)c(Cl)c1)CN. The maximum absolute atomic E-state index is 8.65. The molecule has 0 saturated heterocycles. The first-order valence-corrected chi connectivity index (χ1v) is 4.68. The molecular formula is C10H8Cl2N2. The lowest BCUT2D eigenvalue weighted by atomic mass is 10.1. The third-order valence-electron chi connectivity index (χ3n) is 1.65. The molecule has 0 unspecified atom stereocenters. The Morgan fingerprint density at radius 3 is 2.64 bits per heavy atom. The molecule has 2 nitrogen and oxygen atoms in total. The molecule has 0 bridgehead atoms. The molecular weight excluding hydrogens is 219 g/mol. The quantitative estimate of drug-likeness (QED) is 0.789. The van der Waals surface area contributed by atoms with E-state index < -0.39 is 0 Å². The van der Waals surface area contributed by atoms with Gasteiger partial charge in [0.1, 0.15) is 0 Å². The molecule has 0 aliphatic rings. The van der Waals surface area contributed by atoms with Gasteiger partial charge in [0.2, 0.25) is 0 Å². The monoisotopic (exact) mass is 226 g/mol. The molecule has 14 heavy (non-hydrogen) atoms. The fourth-order valence-electron chi connectivity index (χ4n) is 0.940. The van der Waals surface area contributed by atoms with Gasteiger partial charge in [-0.3, -0.25) is 0 Å². The van der Waals surface area contributed by atoms with E-state index in [1.807, 2.05) is 6.07 Å². The highest BCUT2D eigenvalue weighted by Crippen LogP contribution is 2.23. The normalized spacial score (nSPS) is 11.1. The van der Waals surface area contributed by atoms with Crippen molar-refractivity contribution in [1.29, 1.82) is 5.26 Å². The van der Waals surface area contributed by atoms with Crippen molar-refractivity contribution in [1.82, 2.24) is 0 Å². The van der Waals surface area contributed by atoms with E-state index in [1.165, 1.54) is 0 Å². The molecule has 0 saturated carbocycles. The molecule has 0 aliphatic carbocycles. The van der Waals surface area contributed by atoms with Crippen molar-refractivity contribution in [3.63, 3.8) is 0 Å². The average molecular weight is 227 g/mol. The first-order chi connectivity index (χ1) is 6.67. The van der Waals surface area contributed by atoms with Gasteiger partial charge >= 0.3 is 0 Å². The van der Waals surface area contributed by atoms with Crippen LogP contribution in [0.5, 0.6) is 0 Å². The molecule has 0 radical (unpaired) electrons. The Kier molecular flexibility index (Phi) is 3.97. The maximum atomic E-state index is 8.65. The van der Waals surface area contributed by atoms with Crippen LogP contribution in [0.25, 0.3) is 6.08 Å². The van der Waals surface area contributed by atoms with Crippen LogP contribution in [0.4, 0.5) is 0 Å². The second kappa shape index (κ2) is 5.02. The van der Waals surface area contributed by atoms with E-state index >= 15 is 0 Å². The van der Waals surface area contributed by atoms with E-state index in [9.17, 15) is 0 Å². The van der Waals surface area contributed by atoms with E-state index in [0.29, 0.717) is 15.6 Å². The molecule has 0 spiro atoms. The third-order valence-corrected chi connectivity index (χ3v) is 2.39. The number of nitriles is 1. The van der Waals surface area contributed by atoms with Crippen LogP contribution in [-0.2, 0) is 0 Å². The highest BCUT2D eigenvalue weighted by atomic mass is 35.5. The van der Waals surface area contributed by atoms with Crippen molar-refractivity contribution < 1.29 is 0 Å². The Hall–Kier alpha value is -1.01. The van der Waals surface area contributed by atoms with Crippen LogP contribution in [0, 0.1) is 11.3 Å². The average Bonchev–Trinajstić information content (AvgIpc) is 2.19. The summed E-state index contributed by atoms with van der Waals surface area (Å²) < 4.78 is 0. The van der Waals surface area contributed by atoms with Crippen molar-refractivity contribution >= 4 is 29.3 Å². The van der Waals surface area contributed by atoms with Crippen LogP contribution in [0.3, 0.4) is 0 Å². The summed E-state index contributed by atoms with van der Waals surface area (Å²) in [5.41, 5.74) is 6.67. The van der Waals surface area contributed by atoms with E-state index in [1.54, 1.807) is 24.3 Å². The maximum Gasteiger partial charge on any atom is 0.0960 e. The molecule has 72 valence electrons. The fraction of sp³-hybridized carbons (Fsp3) is 0.100. The van der Waals surface area contributed by atoms with Crippen molar-refractivity contribution in [2.24, 2.45) is 5.73 Å². The standard InChI is InChI=1S/C10H8Cl2N2/c11-9-2-1-7(4-10(9)12)3-8(5-13)6-14/h1-4H,5,13H2/b8-3-. The van der Waals surface area contributed by atoms with Gasteiger partial charge in [-0.25, -0.2) is 0 Å². The summed E-state index contributed by atoms with van der Waals surface area (Å²) in [6.45, 7) is 0.219. The van der Waals surface area contributed by atoms with Crippen molar-refractivity contribution in [3.8, 4) is 6.07 Å². The summed E-state index contributed by atoms with van der Waals surface area (Å²) in [5, 5.41) is 9.62. The van der Waals surface area contributed by atoms with Crippen LogP contribution in [-0.4, -0.2) is 6.54 Å². The number of nitrogens with two attached hydrogens (primary N) is 1. The van der Waals surface area contributed by atoms with Crippen molar-refractivity contribution in [2.45, 2.75) is 0 Å². The van der Waals surface area contributed by atoms with E-state index in [0.717, 1.165) is 5.56 Å². The summed E-state index contributed by atoms with van der Waals surface area (Å²) in [7, 11) is 0. The predicted octanol–water partition coefficient (Wildman–Crippen LogP) is 2.86. The summed E-state index contributed by atoms with van der Waals surface area (Å²) in [6.07, 6.45) is 1.68. The Morgan fingerprint density at radius 2 is 2.14 bits per heavy atom. The van der Waals surface area contributed by atoms with Gasteiger partial charge in [-0.2, -0.15) is 5.26 Å². The molecule has 1 aromatic carbocycles. The highest BCUT2D eigenvalue weighted by Gasteiger charge is 1.98. The van der Waals surface area contributed by atoms with Crippen molar-refractivity contribution in [3.05, 3.63) is 39.4 Å². The van der Waals surface area contributed by atoms with E-state index in [4.69, 9.17) is 34.2 Å². The van der Waals surface area contributed by atoms with Crippen LogP contribution in [0.1, 0.15) is 5.56 Å². The van der Waals surface area contributed by atoms with Gasteiger partial charge in [-0.1, -0.05) is 29.3 Å². The lowest BCUT2D eigenvalue weighted by Crippen LogP contribution is -2.00. The van der Waals surface area contributed by atoms with Crippen LogP contribution < -0.4 is 5.73 Å². The number of hydrogen-bond donors (Lipinski definition) is 1. The van der Waals surface area contributed by atoms with Gasteiger partial charge in [0, 0.05) is 12.1 Å². The van der Waals surface area contributed by atoms with Crippen LogP contribution in [0.15, 0.2) is 23.8 Å². The lowest BCUT2D eigenvalue weighted by Gasteiger charge is -1.98. The molecule has 0 aromatic heterocycles. The number of rotatable bonds is 2. The zero-order valence-electron chi connectivity index (χ0n) is 7.30. The Balaban J connectivity index is 3.05. The summed E-state index contributed by atoms with van der Waals surface area (Å²) >= 11 is 11.6. The van der Waals surface area contributed by atoms with Gasteiger partial charge < -0.3 is 5.73 Å². The minimum absolute atomic E-state index is 0.219. The first-order valence-electron chi connectivity index (χ1n) is 3.93. The summed E-state index contributed by atoms with van der Waals surface area (Å²) in [4.78, 5) is 0. The molecule has 0 amide bonds. The Morgan fingerprint density at radius 1 is 1.43 bits per heavy atom. The minimum Gasteiger partial charge on any atom is -0.326 e. The Bertz CT molecular complexity index is 405. The molecule has 1 rings (SSSR count). The predicted molar refractivity (Wildman–Crippen MR) is 59.1 cm³/mol. The second-order valence-corrected chi connectivity index (χ2v) is 3.47. The molecule has 1 aromatic rings. The molecule has 0 heterocycles.